The smallest absolute Gasteiger partial charge is 0.311 e. The minimum Gasteiger partial charge on any atom is -1.00 e. The van der Waals surface area contributed by atoms with Crippen molar-refractivity contribution in [2.75, 3.05) is 33.8 Å². The third kappa shape index (κ3) is 10.2. The number of aryl methyl sites for hydroxylation is 1. The number of benzene rings is 3. The van der Waals surface area contributed by atoms with Gasteiger partial charge in [0.15, 0.2) is 5.75 Å². The van der Waals surface area contributed by atoms with Crippen LogP contribution in [0.3, 0.4) is 0 Å². The van der Waals surface area contributed by atoms with Crippen LogP contribution in [-0.2, 0) is 13.0 Å². The van der Waals surface area contributed by atoms with Crippen LogP contribution in [0.2, 0.25) is 0 Å². The fourth-order valence-corrected chi connectivity index (χ4v) is 4.09. The Morgan fingerprint density at radius 3 is 2.22 bits per heavy atom. The fourth-order valence-electron chi connectivity index (χ4n) is 4.09. The number of quaternary nitrogens is 1. The fraction of sp³-hybridized carbons (Fsp3) is 0.345. The zero-order valence-corrected chi connectivity index (χ0v) is 22.3. The maximum atomic E-state index is 12.6. The predicted molar refractivity (Wildman–Crippen MR) is 142 cm³/mol. The van der Waals surface area contributed by atoms with E-state index in [1.807, 2.05) is 36.4 Å². The van der Waals surface area contributed by atoms with Crippen LogP contribution < -0.4 is 22.5 Å². The van der Waals surface area contributed by atoms with Crippen LogP contribution in [0.4, 0.5) is 5.69 Å². The summed E-state index contributed by atoms with van der Waals surface area (Å²) in [6.45, 7) is 2.44. The van der Waals surface area contributed by atoms with Gasteiger partial charge in [0.25, 0.3) is 5.91 Å². The number of likely N-dealkylation sites (N-methyl/N-ethyl adjacent to an activating group) is 1. The first-order valence-corrected chi connectivity index (χ1v) is 12.4. The van der Waals surface area contributed by atoms with Crippen molar-refractivity contribution < 1.29 is 31.3 Å². The Morgan fingerprint density at radius 1 is 0.919 bits per heavy atom. The molecular weight excluding hydrogens is 490 g/mol. The largest absolute Gasteiger partial charge is 1.00 e. The zero-order valence-electron chi connectivity index (χ0n) is 21.6. The minimum absolute atomic E-state index is 0. The van der Waals surface area contributed by atoms with Crippen molar-refractivity contribution in [1.82, 2.24) is 5.32 Å². The highest BCUT2D eigenvalue weighted by Crippen LogP contribution is 2.28. The van der Waals surface area contributed by atoms with Crippen molar-refractivity contribution in [3.63, 3.8) is 0 Å². The van der Waals surface area contributed by atoms with Gasteiger partial charge in [0, 0.05) is 17.2 Å². The maximum Gasteiger partial charge on any atom is 0.311 e. The van der Waals surface area contributed by atoms with Gasteiger partial charge in [-0.05, 0) is 43.4 Å². The molecule has 0 unspecified atom stereocenters. The van der Waals surface area contributed by atoms with Gasteiger partial charge in [-0.2, -0.15) is 0 Å². The van der Waals surface area contributed by atoms with Crippen molar-refractivity contribution in [3.8, 4) is 5.75 Å². The molecule has 0 fully saturated rings. The summed E-state index contributed by atoms with van der Waals surface area (Å²) in [4.78, 5) is 23.7. The highest BCUT2D eigenvalue weighted by molar-refractivity contribution is 5.95. The molecule has 7 nitrogen and oxygen atoms in total. The molecule has 0 spiro atoms. The molecule has 0 radical (unpaired) electrons. The van der Waals surface area contributed by atoms with E-state index in [9.17, 15) is 14.9 Å². The first kappa shape index (κ1) is 29.8. The van der Waals surface area contributed by atoms with Gasteiger partial charge in [0.1, 0.15) is 6.54 Å². The highest BCUT2D eigenvalue weighted by atomic mass is 35.5. The van der Waals surface area contributed by atoms with Crippen LogP contribution in [-0.4, -0.2) is 49.1 Å². The molecule has 3 rings (SSSR count). The first-order chi connectivity index (χ1) is 17.3. The number of hydrogen-bond acceptors (Lipinski definition) is 4. The minimum atomic E-state index is -0.499. The molecule has 198 valence electrons. The number of nitrogens with zero attached hydrogens (tertiary/aromatic N) is 2. The van der Waals surface area contributed by atoms with E-state index in [2.05, 4.69) is 43.7 Å². The van der Waals surface area contributed by atoms with E-state index in [0.29, 0.717) is 17.6 Å². The van der Waals surface area contributed by atoms with E-state index in [1.54, 1.807) is 6.07 Å². The van der Waals surface area contributed by atoms with Crippen LogP contribution in [0, 0.1) is 10.1 Å². The summed E-state index contributed by atoms with van der Waals surface area (Å²) in [5, 5.41) is 14.5. The van der Waals surface area contributed by atoms with Crippen molar-refractivity contribution in [2.45, 2.75) is 32.2 Å². The van der Waals surface area contributed by atoms with Crippen LogP contribution in [0.25, 0.3) is 0 Å². The molecule has 1 amide bonds. The summed E-state index contributed by atoms with van der Waals surface area (Å²) in [5.41, 5.74) is 2.61. The van der Waals surface area contributed by atoms with Gasteiger partial charge in [-0.25, -0.2) is 0 Å². The topological polar surface area (TPSA) is 81.5 Å². The monoisotopic (exact) mass is 525 g/mol. The van der Waals surface area contributed by atoms with Crippen molar-refractivity contribution in [3.05, 3.63) is 106 Å². The van der Waals surface area contributed by atoms with Gasteiger partial charge < -0.3 is 26.9 Å². The lowest BCUT2D eigenvalue weighted by atomic mass is 10.1. The molecule has 0 saturated heterocycles. The maximum absolute atomic E-state index is 12.6. The van der Waals surface area contributed by atoms with Crippen LogP contribution in [0.15, 0.2) is 78.9 Å². The molecule has 8 heteroatoms. The van der Waals surface area contributed by atoms with E-state index >= 15 is 0 Å². The standard InChI is InChI=1S/C29H35N3O4.ClH/c1-32(2,23-25-15-8-4-9-16-25)20-19-30-29(33)26-17-18-28(27(22-26)31(34)35)36-21-11-5-10-14-24-12-6-3-7-13-24;/h3-4,6-9,12-13,15-18,22H,5,10-11,14,19-21,23H2,1-2H3;1H. The summed E-state index contributed by atoms with van der Waals surface area (Å²) >= 11 is 0. The number of nitro benzene ring substituents is 1. The molecule has 1 N–H and O–H groups in total. The van der Waals surface area contributed by atoms with Gasteiger partial charge in [-0.1, -0.05) is 60.7 Å². The van der Waals surface area contributed by atoms with Gasteiger partial charge in [0.2, 0.25) is 0 Å². The van der Waals surface area contributed by atoms with E-state index in [1.165, 1.54) is 23.3 Å². The molecule has 37 heavy (non-hydrogen) atoms. The van der Waals surface area contributed by atoms with Crippen LogP contribution in [0.5, 0.6) is 5.75 Å². The number of amides is 1. The molecule has 0 atom stereocenters. The lowest BCUT2D eigenvalue weighted by molar-refractivity contribution is -0.902. The molecule has 0 aliphatic carbocycles. The number of carbonyl (C=O) groups is 1. The lowest BCUT2D eigenvalue weighted by Gasteiger charge is -2.30. The van der Waals surface area contributed by atoms with Gasteiger partial charge in [0.05, 0.1) is 38.7 Å². The number of ether oxygens (including phenoxy) is 1. The van der Waals surface area contributed by atoms with Crippen molar-refractivity contribution in [1.29, 1.82) is 0 Å². The van der Waals surface area contributed by atoms with Gasteiger partial charge in [-0.3, -0.25) is 14.9 Å². The third-order valence-electron chi connectivity index (χ3n) is 6.08. The average Bonchev–Trinajstić information content (AvgIpc) is 2.86. The number of nitro groups is 1. The molecular formula is C29H36ClN3O4. The molecule has 0 aliphatic heterocycles. The lowest BCUT2D eigenvalue weighted by Crippen LogP contribution is -3.00. The Hall–Kier alpha value is -3.42. The number of halogens is 1. The predicted octanol–water partition coefficient (Wildman–Crippen LogP) is 2.40. The average molecular weight is 526 g/mol. The second kappa shape index (κ2) is 15.0. The van der Waals surface area contributed by atoms with E-state index < -0.39 is 4.92 Å². The molecule has 0 aliphatic rings. The normalized spacial score (nSPS) is 10.9. The van der Waals surface area contributed by atoms with Crippen LogP contribution in [0.1, 0.15) is 40.7 Å². The molecule has 0 bridgehead atoms. The summed E-state index contributed by atoms with van der Waals surface area (Å²) in [5.74, 6) is -0.134. The van der Waals surface area contributed by atoms with Crippen molar-refractivity contribution in [2.24, 2.45) is 0 Å². The first-order valence-electron chi connectivity index (χ1n) is 12.4. The molecule has 3 aromatic carbocycles. The van der Waals surface area contributed by atoms with E-state index in [4.69, 9.17) is 4.74 Å². The second-order valence-electron chi connectivity index (χ2n) is 9.64. The Morgan fingerprint density at radius 2 is 1.57 bits per heavy atom. The number of carbonyl (C=O) groups excluding carboxylic acids is 1. The summed E-state index contributed by atoms with van der Waals surface area (Å²) in [6, 6.07) is 24.9. The summed E-state index contributed by atoms with van der Waals surface area (Å²) in [7, 11) is 4.22. The SMILES string of the molecule is C[N+](C)(CCNC(=O)c1ccc(OCCCCCc2ccccc2)c([N+](=O)[O-])c1)Cc1ccccc1.[Cl-]. The zero-order chi connectivity index (χ0) is 25.8. The number of rotatable bonds is 14. The Bertz CT molecular complexity index is 1120. The van der Waals surface area contributed by atoms with Gasteiger partial charge in [-0.15, -0.1) is 0 Å². The van der Waals surface area contributed by atoms with E-state index in [-0.39, 0.29) is 35.3 Å². The molecule has 0 heterocycles. The van der Waals surface area contributed by atoms with Gasteiger partial charge >= 0.3 is 5.69 Å². The quantitative estimate of drug-likeness (QED) is 0.152. The Balaban J connectivity index is 0.00000481. The van der Waals surface area contributed by atoms with Crippen molar-refractivity contribution >= 4 is 11.6 Å². The summed E-state index contributed by atoms with van der Waals surface area (Å²) < 4.78 is 6.40. The number of nitrogens with one attached hydrogen (secondary N) is 1. The Kier molecular flexibility index (Phi) is 12.1. The summed E-state index contributed by atoms with van der Waals surface area (Å²) in [6.07, 6.45) is 3.83. The third-order valence-corrected chi connectivity index (χ3v) is 6.08. The molecule has 3 aromatic rings. The second-order valence-corrected chi connectivity index (χ2v) is 9.64. The van der Waals surface area contributed by atoms with E-state index in [0.717, 1.165) is 38.8 Å². The molecule has 0 aromatic heterocycles. The highest BCUT2D eigenvalue weighted by Gasteiger charge is 2.20. The molecule has 0 saturated carbocycles. The van der Waals surface area contributed by atoms with Crippen LogP contribution >= 0.6 is 0 Å². The number of unbranched alkanes of at least 4 members (excludes halogenated alkanes) is 2. The Labute approximate surface area is 225 Å². The number of hydrogen-bond donors (Lipinski definition) is 1.